The van der Waals surface area contributed by atoms with Gasteiger partial charge in [-0.05, 0) is 6.92 Å². The Kier molecular flexibility index (Phi) is 4.11. The van der Waals surface area contributed by atoms with E-state index in [0.29, 0.717) is 0 Å². The molecule has 0 heterocycles. The average Bonchev–Trinajstić information content (AvgIpc) is 2.00. The van der Waals surface area contributed by atoms with E-state index in [2.05, 4.69) is 0 Å². The molecule has 0 aliphatic carbocycles. The summed E-state index contributed by atoms with van der Waals surface area (Å²) in [5.74, 6) is -1.65. The summed E-state index contributed by atoms with van der Waals surface area (Å²) in [6.07, 6.45) is -6.94. The van der Waals surface area contributed by atoms with E-state index < -0.39 is 30.4 Å². The smallest absolute Gasteiger partial charge is 0.335 e. The topological polar surface area (TPSA) is 118 Å². The van der Waals surface area contributed by atoms with E-state index in [1.165, 1.54) is 6.92 Å². The second kappa shape index (κ2) is 4.36. The van der Waals surface area contributed by atoms with Gasteiger partial charge >= 0.3 is 5.97 Å². The van der Waals surface area contributed by atoms with Crippen molar-refractivity contribution in [3.05, 3.63) is 0 Å². The molecule has 0 aliphatic rings. The van der Waals surface area contributed by atoms with Crippen LogP contribution < -0.4 is 0 Å². The first-order chi connectivity index (χ1) is 5.37. The van der Waals surface area contributed by atoms with Crippen LogP contribution in [-0.2, 0) is 4.79 Å². The highest BCUT2D eigenvalue weighted by Gasteiger charge is 2.32. The Morgan fingerprint density at radius 2 is 1.50 bits per heavy atom. The van der Waals surface area contributed by atoms with Crippen LogP contribution in [0.2, 0.25) is 0 Å². The molecule has 0 aliphatic heterocycles. The summed E-state index contributed by atoms with van der Waals surface area (Å²) < 4.78 is 0. The summed E-state index contributed by atoms with van der Waals surface area (Å²) in [5, 5.41) is 43.4. The summed E-state index contributed by atoms with van der Waals surface area (Å²) >= 11 is 0. The van der Waals surface area contributed by atoms with E-state index in [4.69, 9.17) is 25.5 Å². The summed E-state index contributed by atoms with van der Waals surface area (Å²) in [7, 11) is 0. The highest BCUT2D eigenvalue weighted by atomic mass is 16.4. The van der Waals surface area contributed by atoms with Gasteiger partial charge in [-0.25, -0.2) is 4.79 Å². The number of carboxylic acid groups (broad SMARTS) is 1. The van der Waals surface area contributed by atoms with Gasteiger partial charge < -0.3 is 25.5 Å². The van der Waals surface area contributed by atoms with Crippen molar-refractivity contribution in [3.8, 4) is 0 Å². The van der Waals surface area contributed by atoms with Crippen molar-refractivity contribution < 1.29 is 30.3 Å². The molecule has 0 spiro atoms. The molecule has 6 heteroatoms. The average molecular weight is 180 g/mol. The maximum atomic E-state index is 10.1. The standard InChI is InChI=1S/C6H12O6/c1-2(7)3(8)4(9)5(10)6(11)12/h2-5,7-10H,1H3,(H,11,12). The van der Waals surface area contributed by atoms with Gasteiger partial charge in [-0.1, -0.05) is 0 Å². The molecule has 0 saturated carbocycles. The van der Waals surface area contributed by atoms with Crippen LogP contribution in [0.5, 0.6) is 0 Å². The third-order valence-corrected chi connectivity index (χ3v) is 1.42. The van der Waals surface area contributed by atoms with Gasteiger partial charge in [-0.15, -0.1) is 0 Å². The third kappa shape index (κ3) is 2.74. The maximum absolute atomic E-state index is 10.1. The Hall–Kier alpha value is -0.690. The Morgan fingerprint density at radius 1 is 1.08 bits per heavy atom. The third-order valence-electron chi connectivity index (χ3n) is 1.42. The fourth-order valence-electron chi connectivity index (χ4n) is 0.618. The van der Waals surface area contributed by atoms with Gasteiger partial charge in [0.25, 0.3) is 0 Å². The molecule has 5 N–H and O–H groups in total. The van der Waals surface area contributed by atoms with E-state index in [-0.39, 0.29) is 0 Å². The van der Waals surface area contributed by atoms with Crippen molar-refractivity contribution in [2.45, 2.75) is 31.3 Å². The maximum Gasteiger partial charge on any atom is 0.335 e. The van der Waals surface area contributed by atoms with Crippen LogP contribution in [-0.4, -0.2) is 55.9 Å². The molecule has 0 aromatic rings. The summed E-state index contributed by atoms with van der Waals surface area (Å²) in [6.45, 7) is 1.17. The molecule has 4 unspecified atom stereocenters. The lowest BCUT2D eigenvalue weighted by atomic mass is 10.0. The van der Waals surface area contributed by atoms with Crippen molar-refractivity contribution in [2.24, 2.45) is 0 Å². The highest BCUT2D eigenvalue weighted by molar-refractivity contribution is 5.72. The Bertz CT molecular complexity index is 156. The first-order valence-corrected chi connectivity index (χ1v) is 3.33. The van der Waals surface area contributed by atoms with Crippen molar-refractivity contribution in [3.63, 3.8) is 0 Å². The summed E-state index contributed by atoms with van der Waals surface area (Å²) in [5.41, 5.74) is 0. The van der Waals surface area contributed by atoms with E-state index in [1.807, 2.05) is 0 Å². The number of carboxylic acids is 1. The van der Waals surface area contributed by atoms with Crippen molar-refractivity contribution in [2.75, 3.05) is 0 Å². The van der Waals surface area contributed by atoms with Gasteiger partial charge in [-0.2, -0.15) is 0 Å². The molecule has 0 aromatic carbocycles. The first kappa shape index (κ1) is 11.3. The lowest BCUT2D eigenvalue weighted by Crippen LogP contribution is -2.46. The molecule has 0 aromatic heterocycles. The summed E-state index contributed by atoms with van der Waals surface area (Å²) in [6, 6.07) is 0. The zero-order chi connectivity index (χ0) is 9.89. The quantitative estimate of drug-likeness (QED) is 0.327. The molecule has 0 saturated heterocycles. The number of hydrogen-bond donors (Lipinski definition) is 5. The number of aliphatic carboxylic acids is 1. The number of aliphatic hydroxyl groups excluding tert-OH is 4. The molecule has 72 valence electrons. The SMILES string of the molecule is CC(O)C(O)C(O)C(O)C(=O)O. The second-order valence-corrected chi connectivity index (χ2v) is 2.50. The van der Waals surface area contributed by atoms with Crippen LogP contribution in [0.1, 0.15) is 6.92 Å². The zero-order valence-electron chi connectivity index (χ0n) is 6.45. The van der Waals surface area contributed by atoms with Crippen LogP contribution in [0.4, 0.5) is 0 Å². The molecule has 0 bridgehead atoms. The van der Waals surface area contributed by atoms with Crippen molar-refractivity contribution in [1.29, 1.82) is 0 Å². The van der Waals surface area contributed by atoms with Gasteiger partial charge in [0.05, 0.1) is 6.10 Å². The lowest BCUT2D eigenvalue weighted by molar-refractivity contribution is -0.162. The highest BCUT2D eigenvalue weighted by Crippen LogP contribution is 2.04. The van der Waals surface area contributed by atoms with Gasteiger partial charge in [0.1, 0.15) is 12.2 Å². The van der Waals surface area contributed by atoms with E-state index >= 15 is 0 Å². The lowest BCUT2D eigenvalue weighted by Gasteiger charge is -2.21. The molecule has 0 rings (SSSR count). The minimum Gasteiger partial charge on any atom is -0.479 e. The minimum atomic E-state index is -2.09. The van der Waals surface area contributed by atoms with E-state index in [1.54, 1.807) is 0 Å². The Morgan fingerprint density at radius 3 is 1.75 bits per heavy atom. The molecule has 4 atom stereocenters. The number of carbonyl (C=O) groups is 1. The van der Waals surface area contributed by atoms with Crippen LogP contribution >= 0.6 is 0 Å². The fourth-order valence-corrected chi connectivity index (χ4v) is 0.618. The monoisotopic (exact) mass is 180 g/mol. The molecule has 0 amide bonds. The van der Waals surface area contributed by atoms with Crippen LogP contribution in [0.3, 0.4) is 0 Å². The van der Waals surface area contributed by atoms with Crippen LogP contribution in [0.15, 0.2) is 0 Å². The zero-order valence-corrected chi connectivity index (χ0v) is 6.45. The van der Waals surface area contributed by atoms with Crippen molar-refractivity contribution >= 4 is 5.97 Å². The Labute approximate surface area is 68.7 Å². The van der Waals surface area contributed by atoms with Gasteiger partial charge in [0, 0.05) is 0 Å². The summed E-state index contributed by atoms with van der Waals surface area (Å²) in [4.78, 5) is 10.1. The second-order valence-electron chi connectivity index (χ2n) is 2.50. The molecule has 12 heavy (non-hydrogen) atoms. The number of aliphatic hydroxyl groups is 4. The van der Waals surface area contributed by atoms with Gasteiger partial charge in [0.2, 0.25) is 0 Å². The van der Waals surface area contributed by atoms with E-state index in [9.17, 15) is 4.79 Å². The van der Waals surface area contributed by atoms with Crippen LogP contribution in [0.25, 0.3) is 0 Å². The number of rotatable bonds is 4. The van der Waals surface area contributed by atoms with Gasteiger partial charge in [-0.3, -0.25) is 0 Å². The molecule has 0 radical (unpaired) electrons. The largest absolute Gasteiger partial charge is 0.479 e. The van der Waals surface area contributed by atoms with Gasteiger partial charge in [0.15, 0.2) is 6.10 Å². The molecular weight excluding hydrogens is 168 g/mol. The minimum absolute atomic E-state index is 1.17. The molecule has 6 nitrogen and oxygen atoms in total. The number of hydrogen-bond acceptors (Lipinski definition) is 5. The first-order valence-electron chi connectivity index (χ1n) is 3.33. The normalized spacial score (nSPS) is 21.1. The predicted octanol–water partition coefficient (Wildman–Crippen LogP) is -2.47. The van der Waals surface area contributed by atoms with Crippen LogP contribution in [0, 0.1) is 0 Å². The molecular formula is C6H12O6. The van der Waals surface area contributed by atoms with Crippen molar-refractivity contribution in [1.82, 2.24) is 0 Å². The Balaban J connectivity index is 4.18. The predicted molar refractivity (Wildman–Crippen MR) is 37.3 cm³/mol. The molecule has 0 fully saturated rings. The fraction of sp³-hybridized carbons (Fsp3) is 0.833. The van der Waals surface area contributed by atoms with E-state index in [0.717, 1.165) is 0 Å².